The summed E-state index contributed by atoms with van der Waals surface area (Å²) in [6, 6.07) is 4.66. The van der Waals surface area contributed by atoms with E-state index in [0.717, 1.165) is 18.6 Å². The highest BCUT2D eigenvalue weighted by molar-refractivity contribution is 5.98. The Morgan fingerprint density at radius 2 is 1.38 bits per heavy atom. The maximum Gasteiger partial charge on any atom is 0.312 e. The molecule has 0 radical (unpaired) electrons. The minimum atomic E-state index is -0.924. The van der Waals surface area contributed by atoms with Crippen LogP contribution in [0.25, 0.3) is 0 Å². The van der Waals surface area contributed by atoms with Crippen molar-refractivity contribution >= 4 is 29.4 Å². The van der Waals surface area contributed by atoms with Crippen LogP contribution in [0.2, 0.25) is 0 Å². The number of ether oxygens (including phenoxy) is 5. The maximum atomic E-state index is 13.3. The Morgan fingerprint density at radius 1 is 0.800 bits per heavy atom. The van der Waals surface area contributed by atoms with Crippen LogP contribution < -0.4 is 27.0 Å². The minimum absolute atomic E-state index is 0.0547. The highest BCUT2D eigenvalue weighted by atomic mass is 16.6. The predicted molar refractivity (Wildman–Crippen MR) is 169 cm³/mol. The molecule has 0 bridgehead atoms. The molecule has 2 unspecified atom stereocenters. The van der Waals surface area contributed by atoms with Crippen molar-refractivity contribution in [2.75, 3.05) is 71.8 Å². The molecule has 45 heavy (non-hydrogen) atoms. The van der Waals surface area contributed by atoms with Crippen LogP contribution in [0.15, 0.2) is 24.3 Å². The first-order valence-electron chi connectivity index (χ1n) is 15.5. The zero-order valence-corrected chi connectivity index (χ0v) is 27.2. The topological polar surface area (TPSA) is 189 Å². The first-order chi connectivity index (χ1) is 21.7. The number of anilines is 1. The van der Waals surface area contributed by atoms with E-state index in [2.05, 4.69) is 28.2 Å². The third-order valence-corrected chi connectivity index (χ3v) is 6.34. The van der Waals surface area contributed by atoms with E-state index < -0.39 is 29.9 Å². The smallest absolute Gasteiger partial charge is 0.312 e. The van der Waals surface area contributed by atoms with Gasteiger partial charge in [0.2, 0.25) is 17.7 Å². The molecule has 0 saturated heterocycles. The Balaban J connectivity index is 2.53. The molecule has 1 aromatic rings. The lowest BCUT2D eigenvalue weighted by Gasteiger charge is -2.25. The number of rotatable bonds is 26. The summed E-state index contributed by atoms with van der Waals surface area (Å²) in [5, 5.41) is 10.8. The summed E-state index contributed by atoms with van der Waals surface area (Å²) < 4.78 is 26.8. The number of primary amides is 1. The van der Waals surface area contributed by atoms with E-state index in [4.69, 9.17) is 29.4 Å². The molecule has 256 valence electrons. The lowest BCUT2D eigenvalue weighted by molar-refractivity contribution is -0.132. The van der Waals surface area contributed by atoms with Gasteiger partial charge in [0, 0.05) is 32.4 Å². The number of hydrogen-bond acceptors (Lipinski definition) is 9. The third kappa shape index (κ3) is 19.6. The number of carbonyl (C=O) groups is 4. The zero-order chi connectivity index (χ0) is 33.3. The largest absolute Gasteiger partial charge is 0.380 e. The van der Waals surface area contributed by atoms with E-state index in [9.17, 15) is 19.2 Å². The Labute approximate surface area is 266 Å². The fraction of sp³-hybridized carbons (Fsp3) is 0.677. The quantitative estimate of drug-likeness (QED) is 0.0940. The Morgan fingerprint density at radius 3 is 1.91 bits per heavy atom. The van der Waals surface area contributed by atoms with Gasteiger partial charge in [0.05, 0.1) is 52.9 Å². The zero-order valence-electron chi connectivity index (χ0n) is 27.2. The normalized spacial score (nSPS) is 12.4. The Hall–Kier alpha value is -3.30. The van der Waals surface area contributed by atoms with E-state index in [1.54, 1.807) is 33.1 Å². The number of nitrogens with two attached hydrogens (primary N) is 1. The van der Waals surface area contributed by atoms with Crippen LogP contribution >= 0.6 is 0 Å². The molecule has 0 saturated carbocycles. The number of benzene rings is 1. The van der Waals surface area contributed by atoms with Gasteiger partial charge >= 0.3 is 6.03 Å². The number of urea groups is 1. The first-order valence-corrected chi connectivity index (χ1v) is 15.5. The molecule has 0 spiro atoms. The van der Waals surface area contributed by atoms with Gasteiger partial charge in [-0.2, -0.15) is 0 Å². The Bertz CT molecular complexity index is 979. The lowest BCUT2D eigenvalue weighted by Crippen LogP contribution is -2.54. The van der Waals surface area contributed by atoms with Crippen molar-refractivity contribution < 1.29 is 42.9 Å². The number of carbonyl (C=O) groups excluding carboxylic acids is 4. The van der Waals surface area contributed by atoms with Gasteiger partial charge in [-0.25, -0.2) is 4.79 Å². The van der Waals surface area contributed by atoms with Crippen LogP contribution in [0.3, 0.4) is 0 Å². The van der Waals surface area contributed by atoms with E-state index in [0.29, 0.717) is 58.4 Å². The van der Waals surface area contributed by atoms with Gasteiger partial charge in [0.15, 0.2) is 0 Å². The second kappa shape index (κ2) is 25.0. The summed E-state index contributed by atoms with van der Waals surface area (Å²) in [5.74, 6) is -1.53. The standard InChI is InChI=1S/C31H53N5O9/c1-5-14-42-16-18-44-20-21-45-19-17-43-15-12-27(37)36-28(23(2)3)30(39)35-26(7-6-13-33-31(32)40)29(38)34-25-10-8-24(9-11-25)22-41-4/h8-11,23,26,28H,5-7,12-22H2,1-4H3,(H,34,38)(H,35,39)(H,36,37)(H3,32,33,40). The summed E-state index contributed by atoms with van der Waals surface area (Å²) in [7, 11) is 1.60. The van der Waals surface area contributed by atoms with Crippen LogP contribution in [0.4, 0.5) is 10.5 Å². The van der Waals surface area contributed by atoms with E-state index in [1.165, 1.54) is 0 Å². The second-order valence-electron chi connectivity index (χ2n) is 10.6. The number of nitrogens with one attached hydrogen (secondary N) is 4. The van der Waals surface area contributed by atoms with Gasteiger partial charge in [-0.15, -0.1) is 0 Å². The van der Waals surface area contributed by atoms with Crippen molar-refractivity contribution in [2.45, 2.75) is 65.1 Å². The van der Waals surface area contributed by atoms with Crippen molar-refractivity contribution in [3.8, 4) is 0 Å². The predicted octanol–water partition coefficient (Wildman–Crippen LogP) is 1.71. The third-order valence-electron chi connectivity index (χ3n) is 6.34. The van der Waals surface area contributed by atoms with Crippen LogP contribution in [0.1, 0.15) is 52.0 Å². The molecule has 0 fully saturated rings. The van der Waals surface area contributed by atoms with Crippen molar-refractivity contribution in [3.05, 3.63) is 29.8 Å². The van der Waals surface area contributed by atoms with Crippen LogP contribution in [-0.2, 0) is 44.7 Å². The summed E-state index contributed by atoms with van der Waals surface area (Å²) >= 11 is 0. The molecule has 0 heterocycles. The van der Waals surface area contributed by atoms with Gasteiger partial charge < -0.3 is 50.7 Å². The average Bonchev–Trinajstić information content (AvgIpc) is 3.00. The molecule has 0 aliphatic carbocycles. The summed E-state index contributed by atoms with van der Waals surface area (Å²) in [4.78, 5) is 50.1. The number of amides is 5. The van der Waals surface area contributed by atoms with Gasteiger partial charge in [-0.1, -0.05) is 32.9 Å². The van der Waals surface area contributed by atoms with Crippen LogP contribution in [0, 0.1) is 5.92 Å². The average molecular weight is 640 g/mol. The highest BCUT2D eigenvalue weighted by Gasteiger charge is 2.28. The van der Waals surface area contributed by atoms with E-state index in [1.807, 2.05) is 12.1 Å². The fourth-order valence-electron chi connectivity index (χ4n) is 3.98. The molecule has 5 amide bonds. The molecule has 14 nitrogen and oxygen atoms in total. The minimum Gasteiger partial charge on any atom is -0.380 e. The van der Waals surface area contributed by atoms with Crippen LogP contribution in [-0.4, -0.2) is 102 Å². The van der Waals surface area contributed by atoms with E-state index in [-0.39, 0.29) is 37.8 Å². The second-order valence-corrected chi connectivity index (χ2v) is 10.6. The van der Waals surface area contributed by atoms with Crippen molar-refractivity contribution in [1.82, 2.24) is 16.0 Å². The van der Waals surface area contributed by atoms with Gasteiger partial charge in [0.1, 0.15) is 12.1 Å². The summed E-state index contributed by atoms with van der Waals surface area (Å²) in [6.45, 7) is 9.88. The number of hydrogen-bond donors (Lipinski definition) is 5. The molecule has 0 aliphatic heterocycles. The molecule has 2 atom stereocenters. The monoisotopic (exact) mass is 639 g/mol. The van der Waals surface area contributed by atoms with E-state index >= 15 is 0 Å². The maximum absolute atomic E-state index is 13.3. The number of methoxy groups -OCH3 is 1. The molecule has 1 rings (SSSR count). The molecule has 6 N–H and O–H groups in total. The summed E-state index contributed by atoms with van der Waals surface area (Å²) in [6.07, 6.45) is 1.65. The highest BCUT2D eigenvalue weighted by Crippen LogP contribution is 2.12. The molecule has 0 aromatic heterocycles. The van der Waals surface area contributed by atoms with Crippen molar-refractivity contribution in [3.63, 3.8) is 0 Å². The molecule has 14 heteroatoms. The molecular formula is C31H53N5O9. The Kier molecular flexibility index (Phi) is 22.0. The summed E-state index contributed by atoms with van der Waals surface area (Å²) in [5.41, 5.74) is 6.62. The van der Waals surface area contributed by atoms with Crippen LogP contribution in [0.5, 0.6) is 0 Å². The SMILES string of the molecule is CCCOCCOCCOCCOCCC(=O)NC(C(=O)NC(CCCNC(N)=O)C(=O)Nc1ccc(COC)cc1)C(C)C. The van der Waals surface area contributed by atoms with Crippen molar-refractivity contribution in [1.29, 1.82) is 0 Å². The van der Waals surface area contributed by atoms with Gasteiger partial charge in [-0.3, -0.25) is 14.4 Å². The van der Waals surface area contributed by atoms with Gasteiger partial charge in [0.25, 0.3) is 0 Å². The first kappa shape index (κ1) is 39.7. The lowest BCUT2D eigenvalue weighted by atomic mass is 10.0. The van der Waals surface area contributed by atoms with Crippen molar-refractivity contribution in [2.24, 2.45) is 11.7 Å². The van der Waals surface area contributed by atoms with Gasteiger partial charge in [-0.05, 0) is 42.9 Å². The molecular weight excluding hydrogens is 586 g/mol. The molecule has 1 aromatic carbocycles. The fourth-order valence-corrected chi connectivity index (χ4v) is 3.98. The molecule has 0 aliphatic rings.